The second kappa shape index (κ2) is 7.41. The summed E-state index contributed by atoms with van der Waals surface area (Å²) in [5.74, 6) is -0.249. The molecule has 0 radical (unpaired) electrons. The maximum Gasteiger partial charge on any atom is 0.407 e. The summed E-state index contributed by atoms with van der Waals surface area (Å²) >= 11 is 0. The van der Waals surface area contributed by atoms with Crippen LogP contribution in [-0.4, -0.2) is 24.3 Å². The minimum absolute atomic E-state index is 0.00332. The van der Waals surface area contributed by atoms with E-state index in [0.29, 0.717) is 6.54 Å². The Hall–Kier alpha value is -1.62. The molecule has 1 amide bonds. The number of hydrogen-bond acceptors (Lipinski definition) is 3. The van der Waals surface area contributed by atoms with Gasteiger partial charge >= 0.3 is 6.09 Å². The van der Waals surface area contributed by atoms with Crippen LogP contribution in [0.2, 0.25) is 0 Å². The summed E-state index contributed by atoms with van der Waals surface area (Å²) in [5, 5.41) is 6.01. The number of ether oxygens (including phenoxy) is 1. The minimum Gasteiger partial charge on any atom is -0.444 e. The molecule has 0 aliphatic rings. The predicted molar refractivity (Wildman–Crippen MR) is 81.6 cm³/mol. The lowest BCUT2D eigenvalue weighted by atomic mass is 10.1. The van der Waals surface area contributed by atoms with E-state index in [2.05, 4.69) is 10.6 Å². The molecular formula is C16H25FN2O2. The van der Waals surface area contributed by atoms with Crippen molar-refractivity contribution in [3.63, 3.8) is 0 Å². The van der Waals surface area contributed by atoms with Crippen LogP contribution < -0.4 is 10.6 Å². The average molecular weight is 296 g/mol. The molecular weight excluding hydrogens is 271 g/mol. The molecule has 0 heterocycles. The molecule has 0 bridgehead atoms. The number of hydrogen-bond donors (Lipinski definition) is 2. The molecule has 0 saturated heterocycles. The zero-order valence-electron chi connectivity index (χ0n) is 13.4. The van der Waals surface area contributed by atoms with Gasteiger partial charge in [0.15, 0.2) is 0 Å². The van der Waals surface area contributed by atoms with Crippen LogP contribution in [0.15, 0.2) is 24.3 Å². The van der Waals surface area contributed by atoms with Gasteiger partial charge in [0.1, 0.15) is 11.4 Å². The Labute approximate surface area is 126 Å². The fourth-order valence-electron chi connectivity index (χ4n) is 1.81. The summed E-state index contributed by atoms with van der Waals surface area (Å²) in [4.78, 5) is 11.6. The summed E-state index contributed by atoms with van der Waals surface area (Å²) in [6, 6.07) is 6.39. The summed E-state index contributed by atoms with van der Waals surface area (Å²) in [6.45, 7) is 9.87. The predicted octanol–water partition coefficient (Wildman–Crippen LogP) is 3.39. The standard InChI is InChI=1S/C16H25FN2O2/c1-11(19-15(20)21-16(3,4)5)10-18-12(2)13-7-6-8-14(17)9-13/h6-9,11-12,18H,10H2,1-5H3,(H,19,20). The van der Waals surface area contributed by atoms with Crippen LogP contribution in [0.4, 0.5) is 9.18 Å². The number of carbonyl (C=O) groups excluding carboxylic acids is 1. The molecule has 1 aromatic carbocycles. The van der Waals surface area contributed by atoms with Gasteiger partial charge in [0, 0.05) is 18.6 Å². The van der Waals surface area contributed by atoms with Crippen molar-refractivity contribution in [2.75, 3.05) is 6.54 Å². The van der Waals surface area contributed by atoms with Crippen molar-refractivity contribution in [3.05, 3.63) is 35.6 Å². The second-order valence-corrected chi connectivity index (χ2v) is 6.23. The van der Waals surface area contributed by atoms with Gasteiger partial charge in [-0.05, 0) is 52.3 Å². The molecule has 1 rings (SSSR count). The molecule has 2 unspecified atom stereocenters. The molecule has 4 nitrogen and oxygen atoms in total. The molecule has 1 aromatic rings. The first-order valence-electron chi connectivity index (χ1n) is 7.16. The Balaban J connectivity index is 2.39. The maximum atomic E-state index is 13.2. The molecule has 0 aliphatic heterocycles. The van der Waals surface area contributed by atoms with E-state index in [0.717, 1.165) is 5.56 Å². The highest BCUT2D eigenvalue weighted by atomic mass is 19.1. The summed E-state index contributed by atoms with van der Waals surface area (Å²) in [5.41, 5.74) is 0.367. The summed E-state index contributed by atoms with van der Waals surface area (Å²) in [6.07, 6.45) is -0.435. The Morgan fingerprint density at radius 3 is 2.57 bits per heavy atom. The number of carbonyl (C=O) groups is 1. The van der Waals surface area contributed by atoms with Crippen LogP contribution in [0.1, 0.15) is 46.2 Å². The van der Waals surface area contributed by atoms with E-state index in [1.54, 1.807) is 6.07 Å². The van der Waals surface area contributed by atoms with E-state index < -0.39 is 11.7 Å². The van der Waals surface area contributed by atoms with E-state index in [1.807, 2.05) is 40.7 Å². The number of rotatable bonds is 5. The normalized spacial score (nSPS) is 14.4. The molecule has 0 aliphatic carbocycles. The molecule has 5 heteroatoms. The summed E-state index contributed by atoms with van der Waals surface area (Å²) in [7, 11) is 0. The zero-order valence-corrected chi connectivity index (χ0v) is 13.4. The van der Waals surface area contributed by atoms with Crippen LogP contribution >= 0.6 is 0 Å². The monoisotopic (exact) mass is 296 g/mol. The molecule has 21 heavy (non-hydrogen) atoms. The van der Waals surface area contributed by atoms with Crippen LogP contribution in [0.25, 0.3) is 0 Å². The molecule has 118 valence electrons. The Kier molecular flexibility index (Phi) is 6.15. The summed E-state index contributed by atoms with van der Waals surface area (Å²) < 4.78 is 18.3. The van der Waals surface area contributed by atoms with Crippen LogP contribution in [0.5, 0.6) is 0 Å². The third kappa shape index (κ3) is 7.09. The first-order chi connectivity index (χ1) is 9.67. The molecule has 0 saturated carbocycles. The van der Waals surface area contributed by atoms with E-state index in [4.69, 9.17) is 4.74 Å². The highest BCUT2D eigenvalue weighted by Gasteiger charge is 2.17. The number of alkyl carbamates (subject to hydrolysis) is 1. The highest BCUT2D eigenvalue weighted by Crippen LogP contribution is 2.13. The van der Waals surface area contributed by atoms with Crippen LogP contribution in [-0.2, 0) is 4.74 Å². The molecule has 2 atom stereocenters. The number of amides is 1. The first-order valence-corrected chi connectivity index (χ1v) is 7.16. The number of nitrogens with one attached hydrogen (secondary N) is 2. The van der Waals surface area contributed by atoms with Crippen molar-refractivity contribution < 1.29 is 13.9 Å². The van der Waals surface area contributed by atoms with Gasteiger partial charge in [-0.2, -0.15) is 0 Å². The third-order valence-electron chi connectivity index (χ3n) is 2.84. The number of benzene rings is 1. The van der Waals surface area contributed by atoms with Crippen molar-refractivity contribution in [3.8, 4) is 0 Å². The van der Waals surface area contributed by atoms with Gasteiger partial charge in [-0.1, -0.05) is 12.1 Å². The van der Waals surface area contributed by atoms with E-state index in [9.17, 15) is 9.18 Å². The van der Waals surface area contributed by atoms with Crippen molar-refractivity contribution in [1.29, 1.82) is 0 Å². The van der Waals surface area contributed by atoms with Gasteiger partial charge in [-0.25, -0.2) is 9.18 Å². The largest absolute Gasteiger partial charge is 0.444 e. The Morgan fingerprint density at radius 1 is 1.33 bits per heavy atom. The molecule has 0 aromatic heterocycles. The smallest absolute Gasteiger partial charge is 0.407 e. The highest BCUT2D eigenvalue weighted by molar-refractivity contribution is 5.68. The van der Waals surface area contributed by atoms with Crippen molar-refractivity contribution in [2.24, 2.45) is 0 Å². The van der Waals surface area contributed by atoms with Crippen LogP contribution in [0.3, 0.4) is 0 Å². The molecule has 0 spiro atoms. The lowest BCUT2D eigenvalue weighted by Gasteiger charge is -2.23. The minimum atomic E-state index is -0.508. The van der Waals surface area contributed by atoms with Gasteiger partial charge < -0.3 is 15.4 Å². The second-order valence-electron chi connectivity index (χ2n) is 6.23. The quantitative estimate of drug-likeness (QED) is 0.875. The third-order valence-corrected chi connectivity index (χ3v) is 2.84. The van der Waals surface area contributed by atoms with Gasteiger partial charge in [-0.3, -0.25) is 0 Å². The lowest BCUT2D eigenvalue weighted by molar-refractivity contribution is 0.0507. The molecule has 0 fully saturated rings. The maximum absolute atomic E-state index is 13.2. The SMILES string of the molecule is CC(CNC(C)c1cccc(F)c1)NC(=O)OC(C)(C)C. The topological polar surface area (TPSA) is 50.4 Å². The van der Waals surface area contributed by atoms with E-state index in [-0.39, 0.29) is 17.9 Å². The Bertz CT molecular complexity index is 472. The van der Waals surface area contributed by atoms with Crippen LogP contribution in [0, 0.1) is 5.82 Å². The van der Waals surface area contributed by atoms with E-state index in [1.165, 1.54) is 12.1 Å². The van der Waals surface area contributed by atoms with Crippen molar-refractivity contribution in [1.82, 2.24) is 10.6 Å². The van der Waals surface area contributed by atoms with Gasteiger partial charge in [0.05, 0.1) is 0 Å². The van der Waals surface area contributed by atoms with Crippen molar-refractivity contribution >= 4 is 6.09 Å². The molecule has 2 N–H and O–H groups in total. The van der Waals surface area contributed by atoms with Gasteiger partial charge in [0.25, 0.3) is 0 Å². The van der Waals surface area contributed by atoms with Crippen molar-refractivity contribution in [2.45, 2.75) is 52.3 Å². The fourth-order valence-corrected chi connectivity index (χ4v) is 1.81. The first kappa shape index (κ1) is 17.4. The average Bonchev–Trinajstić information content (AvgIpc) is 2.33. The van der Waals surface area contributed by atoms with Gasteiger partial charge in [-0.15, -0.1) is 0 Å². The zero-order chi connectivity index (χ0) is 16.0. The Morgan fingerprint density at radius 2 is 2.00 bits per heavy atom. The fraction of sp³-hybridized carbons (Fsp3) is 0.562. The lowest BCUT2D eigenvalue weighted by Crippen LogP contribution is -2.43. The van der Waals surface area contributed by atoms with Gasteiger partial charge in [0.2, 0.25) is 0 Å². The van der Waals surface area contributed by atoms with E-state index >= 15 is 0 Å². The number of halogens is 1.